The van der Waals surface area contributed by atoms with Crippen molar-refractivity contribution in [3.63, 3.8) is 0 Å². The van der Waals surface area contributed by atoms with Gasteiger partial charge in [-0.15, -0.1) is 0 Å². The monoisotopic (exact) mass is 312 g/mol. The Morgan fingerprint density at radius 2 is 1.74 bits per heavy atom. The molecule has 1 heterocycles. The topological polar surface area (TPSA) is 52.1 Å². The smallest absolute Gasteiger partial charge is 0.311 e. The number of ether oxygens (including phenoxy) is 1. The molecule has 2 aromatic rings. The minimum atomic E-state index is -0.163. The van der Waals surface area contributed by atoms with E-state index < -0.39 is 0 Å². The molecular weight excluding hydrogens is 288 g/mol. The summed E-state index contributed by atoms with van der Waals surface area (Å²) < 4.78 is 5.36. The van der Waals surface area contributed by atoms with Crippen LogP contribution in [0.2, 0.25) is 0 Å². The first-order chi connectivity index (χ1) is 11.2. The standard InChI is InChI=1S/C19H24N2O2/c1-3-4-5-6-7-8-19(22)23-17-11-9-16(10-12-17)18-14-20-15(2)13-21-18/h9-14H,3-8H2,1-2H3. The van der Waals surface area contributed by atoms with Crippen LogP contribution in [-0.2, 0) is 4.79 Å². The Bertz CT molecular complexity index is 606. The molecule has 0 aliphatic heterocycles. The fraction of sp³-hybridized carbons (Fsp3) is 0.421. The number of aromatic nitrogens is 2. The zero-order valence-corrected chi connectivity index (χ0v) is 13.9. The van der Waals surface area contributed by atoms with Gasteiger partial charge in [0.2, 0.25) is 0 Å². The molecule has 0 saturated heterocycles. The van der Waals surface area contributed by atoms with E-state index in [0.29, 0.717) is 12.2 Å². The predicted molar refractivity (Wildman–Crippen MR) is 91.2 cm³/mol. The lowest BCUT2D eigenvalue weighted by Gasteiger charge is -2.06. The van der Waals surface area contributed by atoms with E-state index in [1.54, 1.807) is 24.5 Å². The van der Waals surface area contributed by atoms with Crippen molar-refractivity contribution in [1.82, 2.24) is 9.97 Å². The molecule has 1 aromatic heterocycles. The molecule has 0 saturated carbocycles. The summed E-state index contributed by atoms with van der Waals surface area (Å²) in [5, 5.41) is 0. The van der Waals surface area contributed by atoms with Gasteiger partial charge in [0.25, 0.3) is 0 Å². The van der Waals surface area contributed by atoms with E-state index in [9.17, 15) is 4.79 Å². The van der Waals surface area contributed by atoms with Gasteiger partial charge in [0.05, 0.1) is 17.6 Å². The number of carbonyl (C=O) groups excluding carboxylic acids is 1. The number of nitrogens with zero attached hydrogens (tertiary/aromatic N) is 2. The van der Waals surface area contributed by atoms with E-state index in [2.05, 4.69) is 16.9 Å². The maximum Gasteiger partial charge on any atom is 0.311 e. The molecule has 2 rings (SSSR count). The lowest BCUT2D eigenvalue weighted by molar-refractivity contribution is -0.134. The molecule has 0 spiro atoms. The molecule has 0 amide bonds. The van der Waals surface area contributed by atoms with Crippen LogP contribution in [0.5, 0.6) is 5.75 Å². The second-order valence-corrected chi connectivity index (χ2v) is 5.71. The number of rotatable bonds is 8. The number of unbranched alkanes of at least 4 members (excludes halogenated alkanes) is 4. The molecule has 23 heavy (non-hydrogen) atoms. The Hall–Kier alpha value is -2.23. The first kappa shape index (κ1) is 17.1. The largest absolute Gasteiger partial charge is 0.427 e. The number of esters is 1. The average molecular weight is 312 g/mol. The summed E-state index contributed by atoms with van der Waals surface area (Å²) in [7, 11) is 0. The van der Waals surface area contributed by atoms with Crippen molar-refractivity contribution in [3.8, 4) is 17.0 Å². The molecule has 4 nitrogen and oxygen atoms in total. The summed E-state index contributed by atoms with van der Waals surface area (Å²) in [5.74, 6) is 0.414. The molecule has 0 unspecified atom stereocenters. The van der Waals surface area contributed by atoms with Gasteiger partial charge < -0.3 is 4.74 Å². The highest BCUT2D eigenvalue weighted by molar-refractivity contribution is 5.72. The number of hydrogen-bond donors (Lipinski definition) is 0. The molecule has 0 aliphatic rings. The van der Waals surface area contributed by atoms with Crippen LogP contribution in [0.4, 0.5) is 0 Å². The van der Waals surface area contributed by atoms with Gasteiger partial charge in [-0.05, 0) is 37.6 Å². The zero-order valence-electron chi connectivity index (χ0n) is 13.9. The van der Waals surface area contributed by atoms with Gasteiger partial charge in [-0.3, -0.25) is 14.8 Å². The van der Waals surface area contributed by atoms with Crippen LogP contribution in [0.25, 0.3) is 11.3 Å². The van der Waals surface area contributed by atoms with Crippen LogP contribution in [0.1, 0.15) is 51.1 Å². The normalized spacial score (nSPS) is 10.5. The second kappa shape index (κ2) is 9.03. The summed E-state index contributed by atoms with van der Waals surface area (Å²) in [6, 6.07) is 7.38. The Balaban J connectivity index is 1.82. The highest BCUT2D eigenvalue weighted by Gasteiger charge is 2.06. The van der Waals surface area contributed by atoms with Gasteiger partial charge in [-0.1, -0.05) is 32.6 Å². The fourth-order valence-electron chi connectivity index (χ4n) is 2.29. The molecule has 4 heteroatoms. The molecule has 0 atom stereocenters. The van der Waals surface area contributed by atoms with Crippen molar-refractivity contribution in [1.29, 1.82) is 0 Å². The molecule has 0 bridgehead atoms. The van der Waals surface area contributed by atoms with E-state index >= 15 is 0 Å². The molecule has 0 fully saturated rings. The van der Waals surface area contributed by atoms with Crippen LogP contribution in [0, 0.1) is 6.92 Å². The van der Waals surface area contributed by atoms with Crippen molar-refractivity contribution in [2.45, 2.75) is 52.4 Å². The van der Waals surface area contributed by atoms with Gasteiger partial charge >= 0.3 is 5.97 Å². The van der Waals surface area contributed by atoms with Crippen molar-refractivity contribution >= 4 is 5.97 Å². The minimum absolute atomic E-state index is 0.163. The van der Waals surface area contributed by atoms with Gasteiger partial charge in [-0.2, -0.15) is 0 Å². The number of aryl methyl sites for hydroxylation is 1. The van der Waals surface area contributed by atoms with E-state index in [-0.39, 0.29) is 5.97 Å². The van der Waals surface area contributed by atoms with Crippen LogP contribution in [0.15, 0.2) is 36.7 Å². The maximum absolute atomic E-state index is 11.8. The Labute approximate surface area is 137 Å². The lowest BCUT2D eigenvalue weighted by atomic mass is 10.1. The third kappa shape index (κ3) is 5.81. The second-order valence-electron chi connectivity index (χ2n) is 5.71. The van der Waals surface area contributed by atoms with Gasteiger partial charge in [0.1, 0.15) is 5.75 Å². The zero-order chi connectivity index (χ0) is 16.5. The molecule has 0 N–H and O–H groups in total. The minimum Gasteiger partial charge on any atom is -0.427 e. The average Bonchev–Trinajstić information content (AvgIpc) is 2.56. The third-order valence-corrected chi connectivity index (χ3v) is 3.65. The third-order valence-electron chi connectivity index (χ3n) is 3.65. The van der Waals surface area contributed by atoms with E-state index in [1.807, 2.05) is 19.1 Å². The van der Waals surface area contributed by atoms with Crippen LogP contribution in [-0.4, -0.2) is 15.9 Å². The SMILES string of the molecule is CCCCCCCC(=O)Oc1ccc(-c2cnc(C)cn2)cc1. The van der Waals surface area contributed by atoms with Gasteiger partial charge in [0.15, 0.2) is 0 Å². The highest BCUT2D eigenvalue weighted by Crippen LogP contribution is 2.20. The van der Waals surface area contributed by atoms with Crippen LogP contribution in [0.3, 0.4) is 0 Å². The first-order valence-electron chi connectivity index (χ1n) is 8.29. The van der Waals surface area contributed by atoms with E-state index in [0.717, 1.165) is 29.8 Å². The highest BCUT2D eigenvalue weighted by atomic mass is 16.5. The van der Waals surface area contributed by atoms with Crippen molar-refractivity contribution in [2.24, 2.45) is 0 Å². The van der Waals surface area contributed by atoms with E-state index in [1.165, 1.54) is 19.3 Å². The maximum atomic E-state index is 11.8. The summed E-state index contributed by atoms with van der Waals surface area (Å²) >= 11 is 0. The Kier molecular flexibility index (Phi) is 6.73. The molecule has 0 radical (unpaired) electrons. The van der Waals surface area contributed by atoms with Crippen LogP contribution >= 0.6 is 0 Å². The summed E-state index contributed by atoms with van der Waals surface area (Å²) in [6.07, 6.45) is 9.59. The predicted octanol–water partition coefficient (Wildman–Crippen LogP) is 4.72. The quantitative estimate of drug-likeness (QED) is 0.402. The van der Waals surface area contributed by atoms with Gasteiger partial charge in [0, 0.05) is 18.2 Å². The van der Waals surface area contributed by atoms with Crippen molar-refractivity contribution in [2.75, 3.05) is 0 Å². The van der Waals surface area contributed by atoms with Gasteiger partial charge in [-0.25, -0.2) is 0 Å². The van der Waals surface area contributed by atoms with E-state index in [4.69, 9.17) is 4.74 Å². The number of hydrogen-bond acceptors (Lipinski definition) is 4. The fourth-order valence-corrected chi connectivity index (χ4v) is 2.29. The van der Waals surface area contributed by atoms with Crippen molar-refractivity contribution in [3.05, 3.63) is 42.4 Å². The van der Waals surface area contributed by atoms with Crippen LogP contribution < -0.4 is 4.74 Å². The summed E-state index contributed by atoms with van der Waals surface area (Å²) in [4.78, 5) is 20.4. The summed E-state index contributed by atoms with van der Waals surface area (Å²) in [5.41, 5.74) is 2.65. The molecule has 1 aromatic carbocycles. The first-order valence-corrected chi connectivity index (χ1v) is 8.29. The Morgan fingerprint density at radius 1 is 1.00 bits per heavy atom. The molecular formula is C19H24N2O2. The Morgan fingerprint density at radius 3 is 2.39 bits per heavy atom. The molecule has 122 valence electrons. The number of carbonyl (C=O) groups is 1. The summed E-state index contributed by atoms with van der Waals surface area (Å²) in [6.45, 7) is 4.09. The van der Waals surface area contributed by atoms with Crippen molar-refractivity contribution < 1.29 is 9.53 Å². The lowest BCUT2D eigenvalue weighted by Crippen LogP contribution is -2.07. The molecule has 0 aliphatic carbocycles. The number of benzene rings is 1.